The minimum atomic E-state index is -5.13. The van der Waals surface area contributed by atoms with Crippen LogP contribution in [0.4, 0.5) is 0 Å². The molecule has 0 spiro atoms. The molecule has 0 saturated heterocycles. The van der Waals surface area contributed by atoms with Crippen molar-refractivity contribution < 1.29 is 63.1 Å². The quantitative estimate of drug-likeness (QED) is 0.0146. The minimum absolute atomic E-state index is 0.0838. The lowest BCUT2D eigenvalue weighted by molar-refractivity contribution is -0.220. The van der Waals surface area contributed by atoms with Crippen molar-refractivity contribution in [1.29, 1.82) is 0 Å². The van der Waals surface area contributed by atoms with Gasteiger partial charge < -0.3 is 39.9 Å². The number of rotatable bonds is 41. The van der Waals surface area contributed by atoms with Crippen LogP contribution in [-0.2, 0) is 32.7 Å². The third-order valence-electron chi connectivity index (χ3n) is 11.4. The first-order chi connectivity index (χ1) is 30.9. The Kier molecular flexibility index (Phi) is 37.3. The third-order valence-corrected chi connectivity index (χ3v) is 12.4. The average molecular weight is 929 g/mol. The van der Waals surface area contributed by atoms with Crippen LogP contribution in [0, 0.1) is 0 Å². The van der Waals surface area contributed by atoms with E-state index in [1.807, 2.05) is 0 Å². The summed E-state index contributed by atoms with van der Waals surface area (Å²) in [6, 6.07) is 0. The zero-order valence-electron chi connectivity index (χ0n) is 39.6. The molecule has 0 aromatic carbocycles. The van der Waals surface area contributed by atoms with Crippen molar-refractivity contribution in [3.05, 3.63) is 48.6 Å². The van der Waals surface area contributed by atoms with E-state index < -0.39 is 75.7 Å². The van der Waals surface area contributed by atoms with Crippen LogP contribution in [0.3, 0.4) is 0 Å². The fraction of sp³-hybridized carbons (Fsp3) is 0.800. The van der Waals surface area contributed by atoms with Crippen LogP contribution in [-0.4, -0.2) is 98.3 Å². The molecule has 0 amide bonds. The molecule has 1 fully saturated rings. The van der Waals surface area contributed by atoms with Gasteiger partial charge in [0.1, 0.15) is 43.2 Å². The number of aliphatic hydroxyl groups is 5. The van der Waals surface area contributed by atoms with E-state index in [1.54, 1.807) is 0 Å². The normalized spacial score (nSPS) is 21.9. The Hall–Kier alpha value is -2.19. The molecule has 0 aliphatic heterocycles. The Bertz CT molecular complexity index is 1300. The number of ether oxygens (including phenoxy) is 2. The zero-order valence-corrected chi connectivity index (χ0v) is 40.5. The number of esters is 2. The average Bonchev–Trinajstić information content (AvgIpc) is 3.28. The molecule has 1 aliphatic rings. The first kappa shape index (κ1) is 59.8. The number of phosphoric ester groups is 1. The van der Waals surface area contributed by atoms with E-state index in [1.165, 1.54) is 64.2 Å². The van der Waals surface area contributed by atoms with E-state index in [0.717, 1.165) is 96.3 Å². The van der Waals surface area contributed by atoms with E-state index in [9.17, 15) is 44.6 Å². The molecule has 6 unspecified atom stereocenters. The summed E-state index contributed by atoms with van der Waals surface area (Å²) in [6.45, 7) is 3.19. The molecule has 1 rings (SSSR count). The number of carbonyl (C=O) groups is 2. The van der Waals surface area contributed by atoms with Crippen molar-refractivity contribution in [1.82, 2.24) is 0 Å². The Morgan fingerprint density at radius 3 is 1.38 bits per heavy atom. The predicted octanol–water partition coefficient (Wildman–Crippen LogP) is 10.3. The number of unbranched alkanes of at least 4 members (excludes halogenated alkanes) is 21. The minimum Gasteiger partial charge on any atom is -0.462 e. The second kappa shape index (κ2) is 39.9. The molecule has 0 radical (unpaired) electrons. The Balaban J connectivity index is 2.42. The fourth-order valence-electron chi connectivity index (χ4n) is 7.41. The summed E-state index contributed by atoms with van der Waals surface area (Å²) < 4.78 is 33.6. The highest BCUT2D eigenvalue weighted by Crippen LogP contribution is 2.47. The summed E-state index contributed by atoms with van der Waals surface area (Å²) in [5, 5.41) is 50.2. The van der Waals surface area contributed by atoms with Gasteiger partial charge in [0.05, 0.1) is 6.61 Å². The molecule has 13 nitrogen and oxygen atoms in total. The lowest BCUT2D eigenvalue weighted by Crippen LogP contribution is -2.64. The van der Waals surface area contributed by atoms with Gasteiger partial charge in [-0.2, -0.15) is 0 Å². The summed E-state index contributed by atoms with van der Waals surface area (Å²) in [5.74, 6) is -1.11. The fourth-order valence-corrected chi connectivity index (χ4v) is 8.39. The van der Waals surface area contributed by atoms with Gasteiger partial charge in [-0.1, -0.05) is 165 Å². The Morgan fingerprint density at radius 2 is 0.891 bits per heavy atom. The van der Waals surface area contributed by atoms with Crippen molar-refractivity contribution in [2.45, 2.75) is 243 Å². The van der Waals surface area contributed by atoms with Crippen LogP contribution in [0.25, 0.3) is 0 Å². The zero-order chi connectivity index (χ0) is 47.1. The number of phosphoric acid groups is 1. The highest BCUT2D eigenvalue weighted by atomic mass is 31.2. The molecular formula is C50H89O13P. The SMILES string of the molecule is CC/C=C\C/C=C\C/C=C\CCCCCCCCCC(=O)OC(COC(=O)CCCCCCCCC/C=C\CCCCCCCCC)COP(=O)(O)OC1C(O)C(O)C(O)C(O)C1O. The molecule has 372 valence electrons. The largest absolute Gasteiger partial charge is 0.472 e. The molecule has 0 heterocycles. The number of allylic oxidation sites excluding steroid dienone is 8. The molecule has 0 aromatic rings. The van der Waals surface area contributed by atoms with Gasteiger partial charge in [0.15, 0.2) is 6.10 Å². The Morgan fingerprint density at radius 1 is 0.500 bits per heavy atom. The van der Waals surface area contributed by atoms with Crippen LogP contribution in [0.2, 0.25) is 0 Å². The van der Waals surface area contributed by atoms with E-state index >= 15 is 0 Å². The summed E-state index contributed by atoms with van der Waals surface area (Å²) in [6.07, 6.45) is 34.4. The lowest BCUT2D eigenvalue weighted by atomic mass is 9.85. The van der Waals surface area contributed by atoms with Gasteiger partial charge in [-0.25, -0.2) is 4.57 Å². The second-order valence-corrected chi connectivity index (χ2v) is 18.7. The maximum Gasteiger partial charge on any atom is 0.472 e. The van der Waals surface area contributed by atoms with Gasteiger partial charge in [0, 0.05) is 12.8 Å². The van der Waals surface area contributed by atoms with Gasteiger partial charge in [-0.3, -0.25) is 18.6 Å². The monoisotopic (exact) mass is 929 g/mol. The number of aliphatic hydroxyl groups excluding tert-OH is 5. The van der Waals surface area contributed by atoms with Gasteiger partial charge >= 0.3 is 19.8 Å². The topological polar surface area (TPSA) is 210 Å². The third kappa shape index (κ3) is 31.7. The van der Waals surface area contributed by atoms with Crippen LogP contribution in [0.5, 0.6) is 0 Å². The van der Waals surface area contributed by atoms with Gasteiger partial charge in [0.25, 0.3) is 0 Å². The standard InChI is InChI=1S/C50H89O13P/c1-3-5-7-9-11-13-15-17-19-21-23-24-26-28-30-32-34-36-38-43(51)60-40-42(41-61-64(58,59)63-50-48(56)46(54)45(53)47(55)49(50)57)62-44(52)39-37-35-33-31-29-27-25-22-20-18-16-14-12-10-8-6-4-2/h6,8,12,14,18-21,42,45-50,53-57H,3-5,7,9-11,13,15-17,22-41H2,1-2H3,(H,58,59)/b8-6-,14-12-,20-18-,21-19-. The highest BCUT2D eigenvalue weighted by Gasteiger charge is 2.51. The molecule has 6 N–H and O–H groups in total. The number of carbonyl (C=O) groups excluding carboxylic acids is 2. The van der Waals surface area contributed by atoms with Crippen LogP contribution in [0.1, 0.15) is 200 Å². The first-order valence-electron chi connectivity index (χ1n) is 24.9. The van der Waals surface area contributed by atoms with Gasteiger partial charge in [-0.15, -0.1) is 0 Å². The van der Waals surface area contributed by atoms with Crippen molar-refractivity contribution in [3.63, 3.8) is 0 Å². The van der Waals surface area contributed by atoms with Crippen LogP contribution >= 0.6 is 7.82 Å². The first-order valence-corrected chi connectivity index (χ1v) is 26.4. The maximum atomic E-state index is 12.8. The molecule has 1 saturated carbocycles. The van der Waals surface area contributed by atoms with Crippen molar-refractivity contribution in [2.24, 2.45) is 0 Å². The van der Waals surface area contributed by atoms with Crippen LogP contribution in [0.15, 0.2) is 48.6 Å². The summed E-state index contributed by atoms with van der Waals surface area (Å²) >= 11 is 0. The molecule has 0 aromatic heterocycles. The Labute approximate surface area is 386 Å². The molecule has 14 heteroatoms. The predicted molar refractivity (Wildman–Crippen MR) is 253 cm³/mol. The summed E-state index contributed by atoms with van der Waals surface area (Å²) in [7, 11) is -5.13. The summed E-state index contributed by atoms with van der Waals surface area (Å²) in [5.41, 5.74) is 0. The molecule has 0 bridgehead atoms. The van der Waals surface area contributed by atoms with Crippen molar-refractivity contribution >= 4 is 19.8 Å². The van der Waals surface area contributed by atoms with E-state index in [4.69, 9.17) is 18.5 Å². The van der Waals surface area contributed by atoms with Gasteiger partial charge in [-0.05, 0) is 70.6 Å². The van der Waals surface area contributed by atoms with E-state index in [2.05, 4.69) is 62.5 Å². The number of hydrogen-bond donors (Lipinski definition) is 6. The van der Waals surface area contributed by atoms with E-state index in [0.29, 0.717) is 12.8 Å². The van der Waals surface area contributed by atoms with Gasteiger partial charge in [0.2, 0.25) is 0 Å². The molecule has 64 heavy (non-hydrogen) atoms. The second-order valence-electron chi connectivity index (χ2n) is 17.3. The number of hydrogen-bond acceptors (Lipinski definition) is 12. The highest BCUT2D eigenvalue weighted by molar-refractivity contribution is 7.47. The molecular weight excluding hydrogens is 840 g/mol. The van der Waals surface area contributed by atoms with Crippen molar-refractivity contribution in [2.75, 3.05) is 13.2 Å². The summed E-state index contributed by atoms with van der Waals surface area (Å²) in [4.78, 5) is 35.8. The van der Waals surface area contributed by atoms with E-state index in [-0.39, 0.29) is 12.8 Å². The van der Waals surface area contributed by atoms with Crippen LogP contribution < -0.4 is 0 Å². The smallest absolute Gasteiger partial charge is 0.462 e. The maximum absolute atomic E-state index is 12.8. The molecule has 1 aliphatic carbocycles. The van der Waals surface area contributed by atoms with Crippen molar-refractivity contribution in [3.8, 4) is 0 Å². The lowest BCUT2D eigenvalue weighted by Gasteiger charge is -2.41. The molecule has 6 atom stereocenters.